The number of carboxylic acid groups (broad SMARTS) is 1. The molecule has 0 aromatic heterocycles. The summed E-state index contributed by atoms with van der Waals surface area (Å²) in [7, 11) is 0. The van der Waals surface area contributed by atoms with Crippen molar-refractivity contribution in [3.8, 4) is 0 Å². The van der Waals surface area contributed by atoms with E-state index in [1.54, 1.807) is 6.92 Å². The van der Waals surface area contributed by atoms with Gasteiger partial charge in [-0.25, -0.2) is 0 Å². The van der Waals surface area contributed by atoms with Crippen LogP contribution in [0.15, 0.2) is 0 Å². The molecule has 0 aromatic carbocycles. The third kappa shape index (κ3) is 2.92. The van der Waals surface area contributed by atoms with Crippen molar-refractivity contribution in [3.05, 3.63) is 0 Å². The number of carbonyl (C=O) groups is 2. The highest BCUT2D eigenvalue weighted by Gasteiger charge is 2.36. The molecule has 1 aliphatic rings. The lowest BCUT2D eigenvalue weighted by Crippen LogP contribution is -2.49. The van der Waals surface area contributed by atoms with E-state index in [9.17, 15) is 9.59 Å². The van der Waals surface area contributed by atoms with Gasteiger partial charge in [0.15, 0.2) is 0 Å². The first-order valence-electron chi connectivity index (χ1n) is 5.07. The van der Waals surface area contributed by atoms with Crippen LogP contribution in [-0.2, 0) is 14.3 Å². The average Bonchev–Trinajstić information content (AvgIpc) is 2.18. The van der Waals surface area contributed by atoms with Crippen LogP contribution in [0, 0.1) is 5.41 Å². The maximum absolute atomic E-state index is 11.8. The van der Waals surface area contributed by atoms with Gasteiger partial charge in [-0.2, -0.15) is 0 Å². The number of hydrogen-bond acceptors (Lipinski definition) is 3. The molecule has 2 unspecified atom stereocenters. The number of carboxylic acids is 1. The van der Waals surface area contributed by atoms with Gasteiger partial charge in [0.2, 0.25) is 5.91 Å². The van der Waals surface area contributed by atoms with Crippen molar-refractivity contribution in [3.63, 3.8) is 0 Å². The van der Waals surface area contributed by atoms with Gasteiger partial charge in [0.05, 0.1) is 12.0 Å². The fraction of sp³-hybridized carbons (Fsp3) is 0.800. The number of aliphatic carboxylic acids is 1. The van der Waals surface area contributed by atoms with E-state index in [0.29, 0.717) is 13.2 Å². The molecule has 1 fully saturated rings. The summed E-state index contributed by atoms with van der Waals surface area (Å²) in [5, 5.41) is 11.1. The zero-order valence-electron chi connectivity index (χ0n) is 9.08. The second-order valence-corrected chi connectivity index (χ2v) is 4.25. The number of carbonyl (C=O) groups excluding carboxylic acids is 1. The highest BCUT2D eigenvalue weighted by molar-refractivity contribution is 5.87. The van der Waals surface area contributed by atoms with E-state index in [2.05, 4.69) is 5.32 Å². The molecule has 1 amide bonds. The van der Waals surface area contributed by atoms with Crippen molar-refractivity contribution < 1.29 is 19.4 Å². The summed E-state index contributed by atoms with van der Waals surface area (Å²) in [5.41, 5.74) is -0.581. The van der Waals surface area contributed by atoms with E-state index in [0.717, 1.165) is 12.8 Å². The van der Waals surface area contributed by atoms with Gasteiger partial charge in [0, 0.05) is 6.61 Å². The molecule has 0 radical (unpaired) electrons. The van der Waals surface area contributed by atoms with Gasteiger partial charge in [-0.05, 0) is 26.7 Å². The predicted octanol–water partition coefficient (Wildman–Crippen LogP) is 0.392. The zero-order valence-corrected chi connectivity index (χ0v) is 9.08. The van der Waals surface area contributed by atoms with Crippen LogP contribution in [0.5, 0.6) is 0 Å². The summed E-state index contributed by atoms with van der Waals surface area (Å²) < 4.78 is 5.24. The lowest BCUT2D eigenvalue weighted by molar-refractivity contribution is -0.145. The molecule has 0 bridgehead atoms. The molecule has 0 saturated carbocycles. The van der Waals surface area contributed by atoms with Crippen LogP contribution in [-0.4, -0.2) is 36.2 Å². The van der Waals surface area contributed by atoms with Crippen LogP contribution in [0.25, 0.3) is 0 Å². The summed E-state index contributed by atoms with van der Waals surface area (Å²) in [6, 6.07) is -0.851. The minimum atomic E-state index is -1.02. The Morgan fingerprint density at radius 3 is 2.67 bits per heavy atom. The van der Waals surface area contributed by atoms with E-state index < -0.39 is 17.4 Å². The van der Waals surface area contributed by atoms with E-state index in [1.807, 2.05) is 0 Å². The average molecular weight is 215 g/mol. The Kier molecular flexibility index (Phi) is 3.68. The second-order valence-electron chi connectivity index (χ2n) is 4.25. The minimum Gasteiger partial charge on any atom is -0.480 e. The number of hydrogen-bond donors (Lipinski definition) is 2. The van der Waals surface area contributed by atoms with Crippen molar-refractivity contribution in [1.82, 2.24) is 5.32 Å². The molecule has 2 N–H and O–H groups in total. The number of ether oxygens (including phenoxy) is 1. The number of amides is 1. The SMILES string of the molecule is CC(NC(=O)C1(C)CCCOC1)C(=O)O. The molecule has 1 heterocycles. The van der Waals surface area contributed by atoms with Crippen molar-refractivity contribution in [2.75, 3.05) is 13.2 Å². The van der Waals surface area contributed by atoms with Crippen LogP contribution in [0.3, 0.4) is 0 Å². The standard InChI is InChI=1S/C10H17NO4/c1-7(8(12)13)11-9(14)10(2)4-3-5-15-6-10/h7H,3-6H2,1-2H3,(H,11,14)(H,12,13). The number of rotatable bonds is 3. The summed E-state index contributed by atoms with van der Waals surface area (Å²) in [6.07, 6.45) is 1.58. The molecule has 1 aliphatic heterocycles. The lowest BCUT2D eigenvalue weighted by Gasteiger charge is -2.32. The Morgan fingerprint density at radius 1 is 1.53 bits per heavy atom. The molecular weight excluding hydrogens is 198 g/mol. The molecule has 0 spiro atoms. The Bertz CT molecular complexity index is 258. The second kappa shape index (κ2) is 4.61. The molecule has 2 atom stereocenters. The molecule has 0 aromatic rings. The van der Waals surface area contributed by atoms with Crippen LogP contribution >= 0.6 is 0 Å². The molecule has 5 nitrogen and oxygen atoms in total. The molecule has 5 heteroatoms. The fourth-order valence-electron chi connectivity index (χ4n) is 1.55. The Morgan fingerprint density at radius 2 is 2.20 bits per heavy atom. The minimum absolute atomic E-state index is 0.239. The Labute approximate surface area is 88.8 Å². The Balaban J connectivity index is 2.55. The van der Waals surface area contributed by atoms with Crippen LogP contribution in [0.1, 0.15) is 26.7 Å². The molecule has 1 saturated heterocycles. The van der Waals surface area contributed by atoms with Gasteiger partial charge in [0.25, 0.3) is 0 Å². The van der Waals surface area contributed by atoms with Crippen molar-refractivity contribution >= 4 is 11.9 Å². The van der Waals surface area contributed by atoms with Crippen molar-refractivity contribution in [2.24, 2.45) is 5.41 Å². The zero-order chi connectivity index (χ0) is 11.5. The van der Waals surface area contributed by atoms with E-state index in [4.69, 9.17) is 9.84 Å². The monoisotopic (exact) mass is 215 g/mol. The smallest absolute Gasteiger partial charge is 0.325 e. The Hall–Kier alpha value is -1.10. The summed E-state index contributed by atoms with van der Waals surface area (Å²) in [6.45, 7) is 4.30. The van der Waals surface area contributed by atoms with Crippen LogP contribution in [0.4, 0.5) is 0 Å². The third-order valence-electron chi connectivity index (χ3n) is 2.70. The number of nitrogens with one attached hydrogen (secondary N) is 1. The summed E-state index contributed by atoms with van der Waals surface area (Å²) >= 11 is 0. The quantitative estimate of drug-likeness (QED) is 0.714. The maximum atomic E-state index is 11.8. The van der Waals surface area contributed by atoms with Gasteiger partial charge in [-0.3, -0.25) is 9.59 Å². The molecule has 0 aliphatic carbocycles. The topological polar surface area (TPSA) is 75.6 Å². The first kappa shape index (κ1) is 12.0. The van der Waals surface area contributed by atoms with Gasteiger partial charge in [-0.15, -0.1) is 0 Å². The molecule has 15 heavy (non-hydrogen) atoms. The highest BCUT2D eigenvalue weighted by Crippen LogP contribution is 2.28. The van der Waals surface area contributed by atoms with Gasteiger partial charge in [0.1, 0.15) is 6.04 Å². The summed E-state index contributed by atoms with van der Waals surface area (Å²) in [4.78, 5) is 22.4. The van der Waals surface area contributed by atoms with Crippen LogP contribution in [0.2, 0.25) is 0 Å². The fourth-order valence-corrected chi connectivity index (χ4v) is 1.55. The van der Waals surface area contributed by atoms with Crippen molar-refractivity contribution in [1.29, 1.82) is 0 Å². The predicted molar refractivity (Wildman–Crippen MR) is 53.4 cm³/mol. The van der Waals surface area contributed by atoms with E-state index >= 15 is 0 Å². The molecular formula is C10H17NO4. The largest absolute Gasteiger partial charge is 0.480 e. The lowest BCUT2D eigenvalue weighted by atomic mass is 9.83. The van der Waals surface area contributed by atoms with E-state index in [-0.39, 0.29) is 5.91 Å². The van der Waals surface area contributed by atoms with Gasteiger partial charge in [-0.1, -0.05) is 0 Å². The van der Waals surface area contributed by atoms with Gasteiger partial charge >= 0.3 is 5.97 Å². The molecule has 1 rings (SSSR count). The van der Waals surface area contributed by atoms with Crippen LogP contribution < -0.4 is 5.32 Å². The summed E-state index contributed by atoms with van der Waals surface area (Å²) in [5.74, 6) is -1.26. The normalized spacial score (nSPS) is 28.1. The first-order valence-corrected chi connectivity index (χ1v) is 5.07. The highest BCUT2D eigenvalue weighted by atomic mass is 16.5. The third-order valence-corrected chi connectivity index (χ3v) is 2.70. The van der Waals surface area contributed by atoms with Gasteiger partial charge < -0.3 is 15.2 Å². The van der Waals surface area contributed by atoms with E-state index in [1.165, 1.54) is 6.92 Å². The van der Waals surface area contributed by atoms with Crippen molar-refractivity contribution in [2.45, 2.75) is 32.7 Å². The first-order chi connectivity index (χ1) is 6.96. The maximum Gasteiger partial charge on any atom is 0.325 e. The molecule has 86 valence electrons.